The molecule has 1 saturated heterocycles. The molecule has 8 nitrogen and oxygen atoms in total. The molecule has 0 aromatic carbocycles. The van der Waals surface area contributed by atoms with Crippen LogP contribution < -0.4 is 5.32 Å². The Morgan fingerprint density at radius 1 is 1.31 bits per heavy atom. The Bertz CT molecular complexity index is 851. The van der Waals surface area contributed by atoms with E-state index in [0.717, 1.165) is 18.5 Å². The summed E-state index contributed by atoms with van der Waals surface area (Å²) in [5.41, 5.74) is 1.20. The third kappa shape index (κ3) is 3.38. The number of carbonyl (C=O) groups is 1. The first kappa shape index (κ1) is 16.5. The fourth-order valence-electron chi connectivity index (χ4n) is 3.48. The van der Waals surface area contributed by atoms with E-state index in [1.165, 1.54) is 6.20 Å². The summed E-state index contributed by atoms with van der Waals surface area (Å²) in [5, 5.41) is 12.6. The first-order valence-electron chi connectivity index (χ1n) is 8.87. The number of imidazole rings is 1. The molecule has 8 heteroatoms. The van der Waals surface area contributed by atoms with Crippen LogP contribution in [0.5, 0.6) is 0 Å². The molecule has 0 bridgehead atoms. The van der Waals surface area contributed by atoms with Gasteiger partial charge in [-0.1, -0.05) is 0 Å². The maximum Gasteiger partial charge on any atom is 0.222 e. The van der Waals surface area contributed by atoms with E-state index >= 15 is 0 Å². The minimum absolute atomic E-state index is 0.0490. The number of amides is 1. The lowest BCUT2D eigenvalue weighted by atomic mass is 10.0. The lowest BCUT2D eigenvalue weighted by Gasteiger charge is -2.19. The van der Waals surface area contributed by atoms with Gasteiger partial charge in [-0.3, -0.25) is 4.79 Å². The number of hydrogen-bond acceptors (Lipinski definition) is 6. The fraction of sp³-hybridized carbons (Fsp3) is 0.500. The molecule has 134 valence electrons. The number of aryl methyl sites for hydroxylation is 1. The highest BCUT2D eigenvalue weighted by atomic mass is 16.2. The zero-order valence-electron chi connectivity index (χ0n) is 14.7. The van der Waals surface area contributed by atoms with Gasteiger partial charge in [0.1, 0.15) is 6.07 Å². The van der Waals surface area contributed by atoms with Crippen molar-refractivity contribution in [3.05, 3.63) is 36.3 Å². The molecule has 1 N–H and O–H groups in total. The van der Waals surface area contributed by atoms with Crippen LogP contribution in [-0.2, 0) is 11.8 Å². The van der Waals surface area contributed by atoms with Crippen LogP contribution in [0.25, 0.3) is 0 Å². The van der Waals surface area contributed by atoms with Gasteiger partial charge in [-0.2, -0.15) is 5.26 Å². The van der Waals surface area contributed by atoms with Crippen molar-refractivity contribution >= 4 is 11.7 Å². The molecule has 0 radical (unpaired) electrons. The SMILES string of the molecule is Cn1cnc([C@@H]2CN(C(=O)CC3CC3)C[C@H]2Nc2nccnc2C#N)c1. The summed E-state index contributed by atoms with van der Waals surface area (Å²) in [4.78, 5) is 27.3. The number of hydrogen-bond donors (Lipinski definition) is 1. The van der Waals surface area contributed by atoms with Crippen LogP contribution in [0.15, 0.2) is 24.9 Å². The molecular weight excluding hydrogens is 330 g/mol. The van der Waals surface area contributed by atoms with Crippen LogP contribution in [0.2, 0.25) is 0 Å². The highest BCUT2D eigenvalue weighted by molar-refractivity contribution is 5.77. The zero-order valence-corrected chi connectivity index (χ0v) is 14.7. The van der Waals surface area contributed by atoms with Crippen molar-refractivity contribution in [2.75, 3.05) is 18.4 Å². The van der Waals surface area contributed by atoms with Crippen molar-refractivity contribution in [3.63, 3.8) is 0 Å². The number of aromatic nitrogens is 4. The molecule has 2 fully saturated rings. The van der Waals surface area contributed by atoms with Crippen LogP contribution in [0.4, 0.5) is 5.82 Å². The van der Waals surface area contributed by atoms with Gasteiger partial charge in [-0.05, 0) is 18.8 Å². The molecule has 1 aliphatic carbocycles. The van der Waals surface area contributed by atoms with Crippen molar-refractivity contribution in [1.82, 2.24) is 24.4 Å². The van der Waals surface area contributed by atoms with Gasteiger partial charge in [0, 0.05) is 51.1 Å². The summed E-state index contributed by atoms with van der Waals surface area (Å²) in [6, 6.07) is 2.00. The molecule has 1 amide bonds. The van der Waals surface area contributed by atoms with Crippen molar-refractivity contribution in [3.8, 4) is 6.07 Å². The van der Waals surface area contributed by atoms with Gasteiger partial charge >= 0.3 is 0 Å². The number of rotatable bonds is 5. The van der Waals surface area contributed by atoms with Crippen LogP contribution >= 0.6 is 0 Å². The van der Waals surface area contributed by atoms with Crippen LogP contribution in [0.1, 0.15) is 36.6 Å². The molecular formula is C18H21N7O. The lowest BCUT2D eigenvalue weighted by Crippen LogP contribution is -2.32. The largest absolute Gasteiger partial charge is 0.362 e. The van der Waals surface area contributed by atoms with E-state index < -0.39 is 0 Å². The average molecular weight is 351 g/mol. The quantitative estimate of drug-likeness (QED) is 0.871. The second-order valence-electron chi connectivity index (χ2n) is 7.13. The molecule has 2 aromatic rings. The van der Waals surface area contributed by atoms with Crippen molar-refractivity contribution < 1.29 is 4.79 Å². The number of nitrogens with one attached hydrogen (secondary N) is 1. The maximum atomic E-state index is 12.6. The van der Waals surface area contributed by atoms with E-state index in [1.54, 1.807) is 12.5 Å². The Hall–Kier alpha value is -2.95. The minimum Gasteiger partial charge on any atom is -0.362 e. The van der Waals surface area contributed by atoms with Gasteiger partial charge < -0.3 is 14.8 Å². The Balaban J connectivity index is 1.56. The van der Waals surface area contributed by atoms with E-state index in [0.29, 0.717) is 31.2 Å². The average Bonchev–Trinajstić information content (AvgIpc) is 3.19. The molecule has 3 heterocycles. The molecule has 1 saturated carbocycles. The van der Waals surface area contributed by atoms with E-state index in [-0.39, 0.29) is 23.6 Å². The summed E-state index contributed by atoms with van der Waals surface area (Å²) in [6.45, 7) is 1.20. The number of carbonyl (C=O) groups excluding carboxylic acids is 1. The van der Waals surface area contributed by atoms with E-state index in [1.807, 2.05) is 22.7 Å². The second-order valence-corrected chi connectivity index (χ2v) is 7.13. The molecule has 0 spiro atoms. The Kier molecular flexibility index (Phi) is 4.29. The van der Waals surface area contributed by atoms with E-state index in [9.17, 15) is 10.1 Å². The lowest BCUT2D eigenvalue weighted by molar-refractivity contribution is -0.130. The summed E-state index contributed by atoms with van der Waals surface area (Å²) < 4.78 is 1.91. The standard InChI is InChI=1S/C18H21N7O/c1-24-9-15(22-11-24)13-8-25(17(26)6-12-2-3-12)10-16(13)23-18-14(7-19)20-4-5-21-18/h4-5,9,11-13,16H,2-3,6,8,10H2,1H3,(H,21,23)/t13-,16+/m0/s1. The molecule has 2 aromatic heterocycles. The van der Waals surface area contributed by atoms with Crippen molar-refractivity contribution in [1.29, 1.82) is 5.26 Å². The van der Waals surface area contributed by atoms with Crippen molar-refractivity contribution in [2.45, 2.75) is 31.2 Å². The summed E-state index contributed by atoms with van der Waals surface area (Å²) in [5.74, 6) is 1.27. The van der Waals surface area contributed by atoms with Gasteiger partial charge in [0.2, 0.25) is 5.91 Å². The van der Waals surface area contributed by atoms with Gasteiger partial charge in [-0.25, -0.2) is 15.0 Å². The first-order chi connectivity index (χ1) is 12.6. The van der Waals surface area contributed by atoms with E-state index in [4.69, 9.17) is 0 Å². The number of nitriles is 1. The Morgan fingerprint density at radius 2 is 2.12 bits per heavy atom. The predicted octanol–water partition coefficient (Wildman–Crippen LogP) is 1.29. The predicted molar refractivity (Wildman–Crippen MR) is 94.0 cm³/mol. The summed E-state index contributed by atoms with van der Waals surface area (Å²) >= 11 is 0. The zero-order chi connectivity index (χ0) is 18.1. The van der Waals surface area contributed by atoms with Crippen LogP contribution in [0, 0.1) is 17.2 Å². The number of anilines is 1. The number of likely N-dealkylation sites (tertiary alicyclic amines) is 1. The topological polar surface area (TPSA) is 99.7 Å². The van der Waals surface area contributed by atoms with Gasteiger partial charge in [0.05, 0.1) is 18.1 Å². The molecule has 1 aliphatic heterocycles. The van der Waals surface area contributed by atoms with Gasteiger partial charge in [0.15, 0.2) is 11.5 Å². The van der Waals surface area contributed by atoms with Crippen molar-refractivity contribution in [2.24, 2.45) is 13.0 Å². The fourth-order valence-corrected chi connectivity index (χ4v) is 3.48. The molecule has 4 rings (SSSR count). The third-order valence-corrected chi connectivity index (χ3v) is 5.06. The summed E-state index contributed by atoms with van der Waals surface area (Å²) in [6.07, 6.45) is 9.77. The summed E-state index contributed by atoms with van der Waals surface area (Å²) in [7, 11) is 1.93. The highest BCUT2D eigenvalue weighted by Gasteiger charge is 2.39. The second kappa shape index (κ2) is 6.75. The smallest absolute Gasteiger partial charge is 0.222 e. The Morgan fingerprint density at radius 3 is 2.81 bits per heavy atom. The first-order valence-corrected chi connectivity index (χ1v) is 8.87. The Labute approximate surface area is 151 Å². The molecule has 2 atom stereocenters. The minimum atomic E-state index is -0.0585. The van der Waals surface area contributed by atoms with Gasteiger partial charge in [-0.15, -0.1) is 0 Å². The van der Waals surface area contributed by atoms with E-state index in [2.05, 4.69) is 26.3 Å². The van der Waals surface area contributed by atoms with Crippen LogP contribution in [0.3, 0.4) is 0 Å². The highest BCUT2D eigenvalue weighted by Crippen LogP contribution is 2.35. The molecule has 26 heavy (non-hydrogen) atoms. The maximum absolute atomic E-state index is 12.6. The normalized spacial score (nSPS) is 22.2. The molecule has 2 aliphatic rings. The van der Waals surface area contributed by atoms with Crippen LogP contribution in [-0.4, -0.2) is 49.5 Å². The third-order valence-electron chi connectivity index (χ3n) is 5.06. The number of nitrogens with zero attached hydrogens (tertiary/aromatic N) is 6. The van der Waals surface area contributed by atoms with Gasteiger partial charge in [0.25, 0.3) is 0 Å². The molecule has 0 unspecified atom stereocenters. The monoisotopic (exact) mass is 351 g/mol.